The Kier molecular flexibility index (Phi) is 4.47. The number of hydrogen-bond acceptors (Lipinski definition) is 5. The normalized spacial score (nSPS) is 25.1. The van der Waals surface area contributed by atoms with E-state index in [2.05, 4.69) is 6.58 Å². The van der Waals surface area contributed by atoms with Gasteiger partial charge in [-0.25, -0.2) is 0 Å². The fraction of sp³-hybridized carbons (Fsp3) is 0.583. The number of carbonyl (C=O) groups excluding carboxylic acids is 2. The lowest BCUT2D eigenvalue weighted by Gasteiger charge is -2.13. The van der Waals surface area contributed by atoms with Crippen molar-refractivity contribution < 1.29 is 29.0 Å². The Hall–Kier alpha value is -1.85. The standard InChI is InChI=1S/C12H16O6/c1-3-8-7-12(8,10(15)17-4-2)11(16)18-6-5-9(13)14/h3,8H,1,4-7H2,2H3,(H,13,14). The van der Waals surface area contributed by atoms with Gasteiger partial charge in [-0.2, -0.15) is 0 Å². The van der Waals surface area contributed by atoms with Gasteiger partial charge in [0.2, 0.25) is 0 Å². The molecule has 0 radical (unpaired) electrons. The fourth-order valence-corrected chi connectivity index (χ4v) is 1.74. The molecule has 1 N–H and O–H groups in total. The fourth-order valence-electron chi connectivity index (χ4n) is 1.74. The Morgan fingerprint density at radius 1 is 1.39 bits per heavy atom. The van der Waals surface area contributed by atoms with Gasteiger partial charge in [0.15, 0.2) is 5.41 Å². The third-order valence-corrected chi connectivity index (χ3v) is 2.85. The van der Waals surface area contributed by atoms with Crippen molar-refractivity contribution in [3.05, 3.63) is 12.7 Å². The maximum Gasteiger partial charge on any atom is 0.324 e. The maximum absolute atomic E-state index is 11.8. The van der Waals surface area contributed by atoms with Gasteiger partial charge in [0, 0.05) is 5.92 Å². The number of allylic oxidation sites excluding steroid dienone is 1. The molecule has 1 fully saturated rings. The molecule has 0 bridgehead atoms. The van der Waals surface area contributed by atoms with E-state index in [0.717, 1.165) is 0 Å². The van der Waals surface area contributed by atoms with Crippen molar-refractivity contribution in [1.29, 1.82) is 0 Å². The summed E-state index contributed by atoms with van der Waals surface area (Å²) >= 11 is 0. The number of carboxylic acids is 1. The molecule has 100 valence electrons. The number of hydrogen-bond donors (Lipinski definition) is 1. The lowest BCUT2D eigenvalue weighted by atomic mass is 10.0. The van der Waals surface area contributed by atoms with E-state index in [1.807, 2.05) is 0 Å². The third kappa shape index (κ3) is 2.69. The molecule has 0 heterocycles. The van der Waals surface area contributed by atoms with Crippen LogP contribution in [0.3, 0.4) is 0 Å². The van der Waals surface area contributed by atoms with Gasteiger partial charge in [-0.1, -0.05) is 6.08 Å². The molecule has 6 nitrogen and oxygen atoms in total. The molecule has 1 rings (SSSR count). The number of rotatable bonds is 7. The molecule has 1 aliphatic rings. The molecule has 0 amide bonds. The Labute approximate surface area is 105 Å². The summed E-state index contributed by atoms with van der Waals surface area (Å²) in [6.07, 6.45) is 1.53. The van der Waals surface area contributed by atoms with Gasteiger partial charge in [0.05, 0.1) is 13.0 Å². The largest absolute Gasteiger partial charge is 0.481 e. The van der Waals surface area contributed by atoms with Gasteiger partial charge in [0.1, 0.15) is 6.61 Å². The number of esters is 2. The first-order valence-corrected chi connectivity index (χ1v) is 5.67. The second kappa shape index (κ2) is 5.66. The quantitative estimate of drug-likeness (QED) is 0.411. The summed E-state index contributed by atoms with van der Waals surface area (Å²) in [6, 6.07) is 0. The molecule has 1 saturated carbocycles. The molecule has 2 atom stereocenters. The van der Waals surface area contributed by atoms with E-state index in [4.69, 9.17) is 14.6 Å². The van der Waals surface area contributed by atoms with Crippen LogP contribution in [0.15, 0.2) is 12.7 Å². The van der Waals surface area contributed by atoms with Crippen LogP contribution in [0.5, 0.6) is 0 Å². The summed E-state index contributed by atoms with van der Waals surface area (Å²) in [5, 5.41) is 8.44. The van der Waals surface area contributed by atoms with Crippen LogP contribution >= 0.6 is 0 Å². The summed E-state index contributed by atoms with van der Waals surface area (Å²) in [6.45, 7) is 5.11. The molecule has 0 spiro atoms. The molecular formula is C12H16O6. The van der Waals surface area contributed by atoms with Gasteiger partial charge in [-0.3, -0.25) is 14.4 Å². The average molecular weight is 256 g/mol. The van der Waals surface area contributed by atoms with Crippen molar-refractivity contribution in [3.63, 3.8) is 0 Å². The molecule has 0 aromatic carbocycles. The summed E-state index contributed by atoms with van der Waals surface area (Å²) in [5.74, 6) is -2.72. The van der Waals surface area contributed by atoms with E-state index in [1.165, 1.54) is 6.08 Å². The summed E-state index contributed by atoms with van der Waals surface area (Å²) in [5.41, 5.74) is -1.31. The van der Waals surface area contributed by atoms with E-state index in [1.54, 1.807) is 6.92 Å². The second-order valence-corrected chi connectivity index (χ2v) is 4.02. The van der Waals surface area contributed by atoms with Crippen LogP contribution in [0.25, 0.3) is 0 Å². The van der Waals surface area contributed by atoms with Gasteiger partial charge < -0.3 is 14.6 Å². The monoisotopic (exact) mass is 256 g/mol. The topological polar surface area (TPSA) is 89.9 Å². The van der Waals surface area contributed by atoms with Gasteiger partial charge >= 0.3 is 17.9 Å². The number of aliphatic carboxylic acids is 1. The smallest absolute Gasteiger partial charge is 0.324 e. The molecule has 0 aromatic rings. The van der Waals surface area contributed by atoms with E-state index >= 15 is 0 Å². The van der Waals surface area contributed by atoms with Crippen molar-refractivity contribution in [2.75, 3.05) is 13.2 Å². The first-order chi connectivity index (χ1) is 8.48. The van der Waals surface area contributed by atoms with Crippen LogP contribution in [0.4, 0.5) is 0 Å². The summed E-state index contributed by atoms with van der Waals surface area (Å²) in [4.78, 5) is 33.9. The lowest BCUT2D eigenvalue weighted by Crippen LogP contribution is -2.32. The minimum absolute atomic E-state index is 0.173. The highest BCUT2D eigenvalue weighted by atomic mass is 16.6. The molecule has 0 aliphatic heterocycles. The molecule has 0 aromatic heterocycles. The minimum Gasteiger partial charge on any atom is -0.481 e. The Balaban J connectivity index is 2.63. The van der Waals surface area contributed by atoms with E-state index in [-0.39, 0.29) is 25.6 Å². The first kappa shape index (κ1) is 14.2. The highest BCUT2D eigenvalue weighted by Gasteiger charge is 2.67. The molecule has 1 aliphatic carbocycles. The molecule has 2 unspecified atom stereocenters. The highest BCUT2D eigenvalue weighted by molar-refractivity contribution is 6.04. The number of ether oxygens (including phenoxy) is 2. The lowest BCUT2D eigenvalue weighted by molar-refractivity contribution is -0.165. The first-order valence-electron chi connectivity index (χ1n) is 5.67. The highest BCUT2D eigenvalue weighted by Crippen LogP contribution is 2.55. The van der Waals surface area contributed by atoms with E-state index < -0.39 is 23.3 Å². The Morgan fingerprint density at radius 2 is 2.00 bits per heavy atom. The third-order valence-electron chi connectivity index (χ3n) is 2.85. The Morgan fingerprint density at radius 3 is 2.44 bits per heavy atom. The molecule has 18 heavy (non-hydrogen) atoms. The van der Waals surface area contributed by atoms with Crippen LogP contribution in [0.2, 0.25) is 0 Å². The van der Waals surface area contributed by atoms with Crippen LogP contribution in [-0.2, 0) is 23.9 Å². The van der Waals surface area contributed by atoms with Gasteiger partial charge in [-0.05, 0) is 13.3 Å². The zero-order valence-corrected chi connectivity index (χ0v) is 10.2. The van der Waals surface area contributed by atoms with Crippen molar-refractivity contribution in [2.45, 2.75) is 19.8 Å². The van der Waals surface area contributed by atoms with Crippen LogP contribution in [0, 0.1) is 11.3 Å². The predicted octanol–water partition coefficient (Wildman–Crippen LogP) is 0.760. The van der Waals surface area contributed by atoms with Crippen LogP contribution in [0.1, 0.15) is 19.8 Å². The summed E-state index contributed by atoms with van der Waals surface area (Å²) in [7, 11) is 0. The van der Waals surface area contributed by atoms with Crippen LogP contribution < -0.4 is 0 Å². The van der Waals surface area contributed by atoms with Crippen molar-refractivity contribution in [3.8, 4) is 0 Å². The van der Waals surface area contributed by atoms with Crippen LogP contribution in [-0.4, -0.2) is 36.2 Å². The van der Waals surface area contributed by atoms with Crippen molar-refractivity contribution >= 4 is 17.9 Å². The SMILES string of the molecule is C=CC1CC1(C(=O)OCC)C(=O)OCCC(=O)O. The molecule has 0 saturated heterocycles. The predicted molar refractivity (Wildman–Crippen MR) is 60.6 cm³/mol. The second-order valence-electron chi connectivity index (χ2n) is 4.02. The Bertz CT molecular complexity index is 375. The number of carboxylic acid groups (broad SMARTS) is 1. The zero-order valence-electron chi connectivity index (χ0n) is 10.2. The van der Waals surface area contributed by atoms with Gasteiger partial charge in [-0.15, -0.1) is 6.58 Å². The minimum atomic E-state index is -1.31. The van der Waals surface area contributed by atoms with Crippen molar-refractivity contribution in [1.82, 2.24) is 0 Å². The number of carbonyl (C=O) groups is 3. The molecule has 6 heteroatoms. The van der Waals surface area contributed by atoms with E-state index in [9.17, 15) is 14.4 Å². The summed E-state index contributed by atoms with van der Waals surface area (Å²) < 4.78 is 9.66. The average Bonchev–Trinajstić information content (AvgIpc) is 3.04. The molecular weight excluding hydrogens is 240 g/mol. The zero-order chi connectivity index (χ0) is 13.8. The van der Waals surface area contributed by atoms with E-state index in [0.29, 0.717) is 6.42 Å². The van der Waals surface area contributed by atoms with Gasteiger partial charge in [0.25, 0.3) is 0 Å². The van der Waals surface area contributed by atoms with Crippen molar-refractivity contribution in [2.24, 2.45) is 11.3 Å². The maximum atomic E-state index is 11.8.